The standard InChI is InChI=1S/C15H28N2O2/c1-3-12-5-8-16-14(11-12)15(18)17-9-6-13(7-10-17)19-4-2/h12-14,16H,3-11H2,1-2H3. The van der Waals surface area contributed by atoms with Gasteiger partial charge >= 0.3 is 0 Å². The second-order valence-electron chi connectivity index (χ2n) is 5.79. The molecule has 1 amide bonds. The van der Waals surface area contributed by atoms with E-state index in [1.165, 1.54) is 12.8 Å². The molecular formula is C15H28N2O2. The summed E-state index contributed by atoms with van der Waals surface area (Å²) in [6.45, 7) is 7.75. The van der Waals surface area contributed by atoms with Gasteiger partial charge in [0.1, 0.15) is 0 Å². The number of likely N-dealkylation sites (tertiary alicyclic amines) is 1. The Morgan fingerprint density at radius 3 is 2.63 bits per heavy atom. The first kappa shape index (κ1) is 14.8. The van der Waals surface area contributed by atoms with Crippen LogP contribution in [0.25, 0.3) is 0 Å². The number of hydrogen-bond acceptors (Lipinski definition) is 3. The number of carbonyl (C=O) groups is 1. The van der Waals surface area contributed by atoms with Crippen LogP contribution in [-0.2, 0) is 9.53 Å². The third kappa shape index (κ3) is 3.93. The molecule has 0 aromatic carbocycles. The van der Waals surface area contributed by atoms with Crippen molar-refractivity contribution in [3.05, 3.63) is 0 Å². The minimum Gasteiger partial charge on any atom is -0.378 e. The summed E-state index contributed by atoms with van der Waals surface area (Å²) in [6.07, 6.45) is 5.76. The number of nitrogens with zero attached hydrogens (tertiary/aromatic N) is 1. The summed E-state index contributed by atoms with van der Waals surface area (Å²) in [6, 6.07) is 0.0577. The summed E-state index contributed by atoms with van der Waals surface area (Å²) < 4.78 is 5.64. The Kier molecular flexibility index (Phi) is 5.64. The summed E-state index contributed by atoms with van der Waals surface area (Å²) >= 11 is 0. The Hall–Kier alpha value is -0.610. The molecule has 2 rings (SSSR count). The van der Waals surface area contributed by atoms with Crippen molar-refractivity contribution in [3.8, 4) is 0 Å². The van der Waals surface area contributed by atoms with Crippen molar-refractivity contribution in [1.29, 1.82) is 0 Å². The molecule has 4 heteroatoms. The number of nitrogens with one attached hydrogen (secondary N) is 1. The van der Waals surface area contributed by atoms with E-state index >= 15 is 0 Å². The maximum absolute atomic E-state index is 12.5. The first-order chi connectivity index (χ1) is 9.24. The quantitative estimate of drug-likeness (QED) is 0.845. The van der Waals surface area contributed by atoms with Crippen molar-refractivity contribution in [2.24, 2.45) is 5.92 Å². The Balaban J connectivity index is 1.80. The van der Waals surface area contributed by atoms with E-state index in [-0.39, 0.29) is 6.04 Å². The highest BCUT2D eigenvalue weighted by atomic mass is 16.5. The van der Waals surface area contributed by atoms with E-state index in [1.54, 1.807) is 0 Å². The predicted molar refractivity (Wildman–Crippen MR) is 76.0 cm³/mol. The zero-order chi connectivity index (χ0) is 13.7. The largest absolute Gasteiger partial charge is 0.378 e. The second kappa shape index (κ2) is 7.25. The molecule has 0 saturated carbocycles. The molecule has 0 aliphatic carbocycles. The number of amides is 1. The van der Waals surface area contributed by atoms with Crippen LogP contribution in [0.3, 0.4) is 0 Å². The van der Waals surface area contributed by atoms with Gasteiger partial charge in [0.25, 0.3) is 0 Å². The number of carbonyl (C=O) groups excluding carboxylic acids is 1. The number of rotatable bonds is 4. The number of hydrogen-bond donors (Lipinski definition) is 1. The van der Waals surface area contributed by atoms with Crippen molar-refractivity contribution < 1.29 is 9.53 Å². The van der Waals surface area contributed by atoms with E-state index in [1.807, 2.05) is 11.8 Å². The van der Waals surface area contributed by atoms with E-state index < -0.39 is 0 Å². The summed E-state index contributed by atoms with van der Waals surface area (Å²) in [7, 11) is 0. The van der Waals surface area contributed by atoms with Gasteiger partial charge in [-0.05, 0) is 45.1 Å². The molecule has 0 bridgehead atoms. The van der Waals surface area contributed by atoms with Crippen molar-refractivity contribution in [1.82, 2.24) is 10.2 Å². The molecule has 0 radical (unpaired) electrons. The SMILES string of the molecule is CCOC1CCN(C(=O)C2CC(CC)CCN2)CC1. The van der Waals surface area contributed by atoms with Gasteiger partial charge in [-0.3, -0.25) is 4.79 Å². The molecular weight excluding hydrogens is 240 g/mol. The van der Waals surface area contributed by atoms with Gasteiger partial charge in [0.05, 0.1) is 12.1 Å². The van der Waals surface area contributed by atoms with Crippen LogP contribution in [0.2, 0.25) is 0 Å². The van der Waals surface area contributed by atoms with Crippen LogP contribution in [0.4, 0.5) is 0 Å². The average molecular weight is 268 g/mol. The highest BCUT2D eigenvalue weighted by Gasteiger charge is 2.31. The number of piperidine rings is 2. The van der Waals surface area contributed by atoms with E-state index in [9.17, 15) is 4.79 Å². The van der Waals surface area contributed by atoms with Crippen LogP contribution in [0.1, 0.15) is 46.0 Å². The summed E-state index contributed by atoms with van der Waals surface area (Å²) in [5.41, 5.74) is 0. The van der Waals surface area contributed by atoms with Crippen LogP contribution >= 0.6 is 0 Å². The van der Waals surface area contributed by atoms with Crippen LogP contribution in [0.5, 0.6) is 0 Å². The Morgan fingerprint density at radius 1 is 1.26 bits per heavy atom. The molecule has 0 aromatic heterocycles. The first-order valence-electron chi connectivity index (χ1n) is 7.88. The zero-order valence-corrected chi connectivity index (χ0v) is 12.4. The molecule has 0 aromatic rings. The van der Waals surface area contributed by atoms with Gasteiger partial charge in [0, 0.05) is 19.7 Å². The van der Waals surface area contributed by atoms with Crippen LogP contribution in [0.15, 0.2) is 0 Å². The van der Waals surface area contributed by atoms with Gasteiger partial charge in [-0.25, -0.2) is 0 Å². The second-order valence-corrected chi connectivity index (χ2v) is 5.79. The molecule has 4 nitrogen and oxygen atoms in total. The minimum atomic E-state index is 0.0577. The molecule has 0 spiro atoms. The minimum absolute atomic E-state index is 0.0577. The third-order valence-electron chi connectivity index (χ3n) is 4.54. The van der Waals surface area contributed by atoms with Gasteiger partial charge in [-0.1, -0.05) is 13.3 Å². The van der Waals surface area contributed by atoms with Crippen LogP contribution in [0, 0.1) is 5.92 Å². The fourth-order valence-corrected chi connectivity index (χ4v) is 3.25. The van der Waals surface area contributed by atoms with Crippen molar-refractivity contribution in [2.45, 2.75) is 58.1 Å². The fourth-order valence-electron chi connectivity index (χ4n) is 3.25. The zero-order valence-electron chi connectivity index (χ0n) is 12.4. The van der Waals surface area contributed by atoms with E-state index in [4.69, 9.17) is 4.74 Å². The number of ether oxygens (including phenoxy) is 1. The molecule has 1 N–H and O–H groups in total. The van der Waals surface area contributed by atoms with Crippen molar-refractivity contribution >= 4 is 5.91 Å². The lowest BCUT2D eigenvalue weighted by atomic mass is 9.89. The third-order valence-corrected chi connectivity index (χ3v) is 4.54. The molecule has 2 aliphatic rings. The van der Waals surface area contributed by atoms with Gasteiger partial charge < -0.3 is 15.0 Å². The van der Waals surface area contributed by atoms with Crippen LogP contribution < -0.4 is 5.32 Å². The molecule has 2 atom stereocenters. The lowest BCUT2D eigenvalue weighted by Gasteiger charge is -2.36. The molecule has 2 heterocycles. The monoisotopic (exact) mass is 268 g/mol. The molecule has 19 heavy (non-hydrogen) atoms. The molecule has 110 valence electrons. The van der Waals surface area contributed by atoms with Gasteiger partial charge in [0.15, 0.2) is 0 Å². The molecule has 2 unspecified atom stereocenters. The summed E-state index contributed by atoms with van der Waals surface area (Å²) in [4.78, 5) is 14.5. The van der Waals surface area contributed by atoms with Gasteiger partial charge in [0.2, 0.25) is 5.91 Å². The maximum Gasteiger partial charge on any atom is 0.239 e. The fraction of sp³-hybridized carbons (Fsp3) is 0.933. The lowest BCUT2D eigenvalue weighted by molar-refractivity contribution is -0.137. The van der Waals surface area contributed by atoms with Crippen molar-refractivity contribution in [3.63, 3.8) is 0 Å². The van der Waals surface area contributed by atoms with Gasteiger partial charge in [-0.2, -0.15) is 0 Å². The highest BCUT2D eigenvalue weighted by Crippen LogP contribution is 2.22. The molecule has 2 fully saturated rings. The predicted octanol–water partition coefficient (Wildman–Crippen LogP) is 1.79. The smallest absolute Gasteiger partial charge is 0.239 e. The Bertz CT molecular complexity index is 288. The van der Waals surface area contributed by atoms with Crippen LogP contribution in [-0.4, -0.2) is 49.2 Å². The van der Waals surface area contributed by atoms with Crippen molar-refractivity contribution in [2.75, 3.05) is 26.2 Å². The Labute approximate surface area is 116 Å². The lowest BCUT2D eigenvalue weighted by Crippen LogP contribution is -2.52. The van der Waals surface area contributed by atoms with E-state index in [0.29, 0.717) is 12.0 Å². The summed E-state index contributed by atoms with van der Waals surface area (Å²) in [5, 5.41) is 3.39. The molecule has 2 saturated heterocycles. The van der Waals surface area contributed by atoms with E-state index in [2.05, 4.69) is 12.2 Å². The topological polar surface area (TPSA) is 41.6 Å². The molecule has 2 aliphatic heterocycles. The Morgan fingerprint density at radius 2 is 2.00 bits per heavy atom. The summed E-state index contributed by atoms with van der Waals surface area (Å²) in [5.74, 6) is 1.03. The van der Waals surface area contributed by atoms with Gasteiger partial charge in [-0.15, -0.1) is 0 Å². The average Bonchev–Trinajstić information content (AvgIpc) is 2.48. The van der Waals surface area contributed by atoms with E-state index in [0.717, 1.165) is 51.4 Å². The maximum atomic E-state index is 12.5. The normalized spacial score (nSPS) is 29.5. The highest BCUT2D eigenvalue weighted by molar-refractivity contribution is 5.82. The first-order valence-corrected chi connectivity index (χ1v) is 7.88.